The van der Waals surface area contributed by atoms with Crippen LogP contribution in [0.4, 0.5) is 0 Å². The van der Waals surface area contributed by atoms with Crippen LogP contribution in [0.2, 0.25) is 15.1 Å². The monoisotopic (exact) mass is 416 g/mol. The van der Waals surface area contributed by atoms with Crippen molar-refractivity contribution in [1.29, 1.82) is 0 Å². The Hall–Kier alpha value is -0.570. The molecule has 0 N–H and O–H groups in total. The van der Waals surface area contributed by atoms with Crippen LogP contribution in [0.15, 0.2) is 17.0 Å². The van der Waals surface area contributed by atoms with Crippen molar-refractivity contribution in [2.75, 3.05) is 13.2 Å². The van der Waals surface area contributed by atoms with E-state index >= 15 is 0 Å². The molecular formula is C14H15Cl3O6S. The van der Waals surface area contributed by atoms with Crippen LogP contribution in [0, 0.1) is 0 Å². The van der Waals surface area contributed by atoms with E-state index in [1.54, 1.807) is 0 Å². The molecule has 2 atom stereocenters. The van der Waals surface area contributed by atoms with E-state index in [1.165, 1.54) is 13.0 Å². The highest BCUT2D eigenvalue weighted by atomic mass is 35.5. The van der Waals surface area contributed by atoms with Crippen LogP contribution < -0.4 is 0 Å². The Labute approximate surface area is 155 Å². The number of ether oxygens (including phenoxy) is 2. The summed E-state index contributed by atoms with van der Waals surface area (Å²) in [4.78, 5) is 11.5. The van der Waals surface area contributed by atoms with Crippen molar-refractivity contribution in [3.8, 4) is 0 Å². The van der Waals surface area contributed by atoms with Gasteiger partial charge in [-0.05, 0) is 31.9 Å². The van der Waals surface area contributed by atoms with Gasteiger partial charge in [-0.3, -0.25) is 4.18 Å². The second-order valence-corrected chi connectivity index (χ2v) is 7.83. The molecule has 24 heavy (non-hydrogen) atoms. The molecular weight excluding hydrogens is 403 g/mol. The zero-order valence-electron chi connectivity index (χ0n) is 12.6. The molecule has 2 rings (SSSR count). The fraction of sp³-hybridized carbons (Fsp3) is 0.500. The first-order valence-corrected chi connectivity index (χ1v) is 9.61. The van der Waals surface area contributed by atoms with Gasteiger partial charge in [-0.25, -0.2) is 4.79 Å². The SMILES string of the molecule is CC(OS(=O)(=O)c1ccc(Cl)c(Cl)c1Cl)C(=O)OC[C@@H]1CCCO1. The molecule has 6 nitrogen and oxygen atoms in total. The lowest BCUT2D eigenvalue weighted by Crippen LogP contribution is -2.29. The smallest absolute Gasteiger partial charge is 0.336 e. The van der Waals surface area contributed by atoms with Gasteiger partial charge in [0.05, 0.1) is 21.2 Å². The van der Waals surface area contributed by atoms with Crippen LogP contribution in [0.25, 0.3) is 0 Å². The molecule has 1 fully saturated rings. The van der Waals surface area contributed by atoms with Crippen LogP contribution in [-0.4, -0.2) is 39.8 Å². The number of carbonyl (C=O) groups excluding carboxylic acids is 1. The van der Waals surface area contributed by atoms with Crippen LogP contribution in [-0.2, 0) is 28.6 Å². The summed E-state index contributed by atoms with van der Waals surface area (Å²) < 4.78 is 39.7. The molecule has 0 amide bonds. The lowest BCUT2D eigenvalue weighted by Gasteiger charge is -2.15. The lowest BCUT2D eigenvalue weighted by molar-refractivity contribution is -0.154. The van der Waals surface area contributed by atoms with Crippen molar-refractivity contribution in [3.05, 3.63) is 27.2 Å². The molecule has 1 aliphatic heterocycles. The summed E-state index contributed by atoms with van der Waals surface area (Å²) in [6, 6.07) is 2.42. The summed E-state index contributed by atoms with van der Waals surface area (Å²) in [5, 5.41) is -0.287. The number of halogens is 3. The summed E-state index contributed by atoms with van der Waals surface area (Å²) >= 11 is 17.5. The second-order valence-electron chi connectivity index (χ2n) is 5.13. The third-order valence-corrected chi connectivity index (χ3v) is 6.13. The number of esters is 1. The van der Waals surface area contributed by atoms with Crippen molar-refractivity contribution in [2.24, 2.45) is 0 Å². The molecule has 0 aromatic heterocycles. The number of hydrogen-bond acceptors (Lipinski definition) is 6. The molecule has 0 spiro atoms. The maximum absolute atomic E-state index is 12.3. The van der Waals surface area contributed by atoms with Gasteiger partial charge in [-0.15, -0.1) is 0 Å². The van der Waals surface area contributed by atoms with E-state index in [1.807, 2.05) is 0 Å². The topological polar surface area (TPSA) is 78.9 Å². The molecule has 1 aromatic rings. The highest BCUT2D eigenvalue weighted by Gasteiger charge is 2.29. The quantitative estimate of drug-likeness (QED) is 0.401. The minimum atomic E-state index is -4.32. The first-order chi connectivity index (χ1) is 11.2. The van der Waals surface area contributed by atoms with E-state index in [4.69, 9.17) is 48.5 Å². The Balaban J connectivity index is 2.02. The van der Waals surface area contributed by atoms with E-state index < -0.39 is 22.2 Å². The summed E-state index contributed by atoms with van der Waals surface area (Å²) in [6.07, 6.45) is 0.183. The van der Waals surface area contributed by atoms with E-state index in [2.05, 4.69) is 0 Å². The Morgan fingerprint density at radius 1 is 1.33 bits per heavy atom. The average Bonchev–Trinajstić information content (AvgIpc) is 3.02. The van der Waals surface area contributed by atoms with Gasteiger partial charge >= 0.3 is 5.97 Å². The van der Waals surface area contributed by atoms with Crippen molar-refractivity contribution in [3.63, 3.8) is 0 Å². The molecule has 1 heterocycles. The fourth-order valence-electron chi connectivity index (χ4n) is 2.05. The van der Waals surface area contributed by atoms with Gasteiger partial charge in [0.25, 0.3) is 10.1 Å². The molecule has 1 aliphatic rings. The highest BCUT2D eigenvalue weighted by Crippen LogP contribution is 2.35. The second kappa shape index (κ2) is 8.21. The number of carbonyl (C=O) groups is 1. The summed E-state index contributed by atoms with van der Waals surface area (Å²) in [6.45, 7) is 1.94. The molecule has 10 heteroatoms. The van der Waals surface area contributed by atoms with Gasteiger partial charge in [-0.2, -0.15) is 8.42 Å². The fourth-order valence-corrected chi connectivity index (χ4v) is 4.04. The first kappa shape index (κ1) is 19.8. The minimum absolute atomic E-state index is 0.0557. The van der Waals surface area contributed by atoms with Crippen molar-refractivity contribution < 1.29 is 26.9 Å². The van der Waals surface area contributed by atoms with Gasteiger partial charge < -0.3 is 9.47 Å². The summed E-state index contributed by atoms with van der Waals surface area (Å²) in [5.41, 5.74) is 0. The number of rotatable bonds is 6. The molecule has 0 bridgehead atoms. The van der Waals surface area contributed by atoms with Crippen LogP contribution >= 0.6 is 34.8 Å². The average molecular weight is 418 g/mol. The Bertz CT molecular complexity index is 715. The normalized spacial score (nSPS) is 19.2. The van der Waals surface area contributed by atoms with Crippen molar-refractivity contribution in [2.45, 2.75) is 36.9 Å². The third kappa shape index (κ3) is 4.74. The molecule has 1 aromatic carbocycles. The first-order valence-electron chi connectivity index (χ1n) is 7.07. The molecule has 0 aliphatic carbocycles. The molecule has 1 unspecified atom stereocenters. The largest absolute Gasteiger partial charge is 0.461 e. The van der Waals surface area contributed by atoms with E-state index in [-0.39, 0.29) is 32.7 Å². The highest BCUT2D eigenvalue weighted by molar-refractivity contribution is 7.87. The van der Waals surface area contributed by atoms with Gasteiger partial charge in [0.1, 0.15) is 11.5 Å². The predicted molar refractivity (Wildman–Crippen MR) is 89.1 cm³/mol. The predicted octanol–water partition coefficient (Wildman–Crippen LogP) is 3.46. The zero-order valence-corrected chi connectivity index (χ0v) is 15.7. The maximum Gasteiger partial charge on any atom is 0.336 e. The number of hydrogen-bond donors (Lipinski definition) is 0. The summed E-state index contributed by atoms with van der Waals surface area (Å²) in [7, 11) is -4.32. The Kier molecular flexibility index (Phi) is 6.75. The minimum Gasteiger partial charge on any atom is -0.461 e. The molecule has 0 radical (unpaired) electrons. The molecule has 1 saturated heterocycles. The van der Waals surface area contributed by atoms with Crippen molar-refractivity contribution >= 4 is 50.9 Å². The van der Waals surface area contributed by atoms with Crippen molar-refractivity contribution in [1.82, 2.24) is 0 Å². The van der Waals surface area contributed by atoms with Gasteiger partial charge in [-0.1, -0.05) is 34.8 Å². The van der Waals surface area contributed by atoms with Crippen LogP contribution in [0.5, 0.6) is 0 Å². The van der Waals surface area contributed by atoms with Crippen LogP contribution in [0.3, 0.4) is 0 Å². The lowest BCUT2D eigenvalue weighted by atomic mass is 10.2. The number of benzene rings is 1. The zero-order chi connectivity index (χ0) is 17.9. The van der Waals surface area contributed by atoms with E-state index in [9.17, 15) is 13.2 Å². The Morgan fingerprint density at radius 2 is 2.04 bits per heavy atom. The van der Waals surface area contributed by atoms with E-state index in [0.29, 0.717) is 6.61 Å². The van der Waals surface area contributed by atoms with E-state index in [0.717, 1.165) is 18.9 Å². The Morgan fingerprint density at radius 3 is 2.67 bits per heavy atom. The maximum atomic E-state index is 12.3. The summed E-state index contributed by atoms with van der Waals surface area (Å²) in [5.74, 6) is -0.815. The van der Waals surface area contributed by atoms with Gasteiger partial charge in [0, 0.05) is 6.61 Å². The third-order valence-electron chi connectivity index (χ3n) is 3.31. The standard InChI is InChI=1S/C14H15Cl3O6S/c1-8(14(18)22-7-9-3-2-6-21-9)23-24(19,20)11-5-4-10(15)12(16)13(11)17/h4-5,8-9H,2-3,6-7H2,1H3/t8?,9-/m0/s1. The van der Waals surface area contributed by atoms with Gasteiger partial charge in [0.15, 0.2) is 6.10 Å². The van der Waals surface area contributed by atoms with Crippen LogP contribution in [0.1, 0.15) is 19.8 Å². The van der Waals surface area contributed by atoms with Gasteiger partial charge in [0.2, 0.25) is 0 Å². The molecule has 0 saturated carbocycles. The molecule has 134 valence electrons.